The minimum atomic E-state index is -3.71. The second-order valence-corrected chi connectivity index (χ2v) is 6.24. The highest BCUT2D eigenvalue weighted by Crippen LogP contribution is 2.22. The van der Waals surface area contributed by atoms with Gasteiger partial charge in [0.05, 0.1) is 18.1 Å². The molecule has 0 heterocycles. The van der Waals surface area contributed by atoms with Crippen molar-refractivity contribution in [1.82, 2.24) is 4.31 Å². The summed E-state index contributed by atoms with van der Waals surface area (Å²) in [4.78, 5) is 0.182. The number of hydrogen-bond donors (Lipinski definition) is 2. The molecule has 0 atom stereocenters. The highest BCUT2D eigenvalue weighted by atomic mass is 32.2. The summed E-state index contributed by atoms with van der Waals surface area (Å²) in [6.45, 7) is 5.09. The van der Waals surface area contributed by atoms with E-state index in [1.807, 2.05) is 6.92 Å². The third kappa shape index (κ3) is 3.67. The molecular weight excluding hydrogens is 278 g/mol. The van der Waals surface area contributed by atoms with Crippen LogP contribution < -0.4 is 0 Å². The van der Waals surface area contributed by atoms with E-state index in [-0.39, 0.29) is 31.2 Å². The highest BCUT2D eigenvalue weighted by Gasteiger charge is 2.25. The van der Waals surface area contributed by atoms with Crippen LogP contribution in [-0.2, 0) is 23.1 Å². The number of rotatable bonds is 8. The summed E-state index contributed by atoms with van der Waals surface area (Å²) in [7, 11) is -3.71. The summed E-state index contributed by atoms with van der Waals surface area (Å²) >= 11 is 0. The van der Waals surface area contributed by atoms with Crippen molar-refractivity contribution in [2.24, 2.45) is 0 Å². The van der Waals surface area contributed by atoms with Gasteiger partial charge in [-0.1, -0.05) is 25.1 Å². The van der Waals surface area contributed by atoms with Crippen LogP contribution in [0.3, 0.4) is 0 Å². The number of aliphatic hydroxyl groups is 2. The van der Waals surface area contributed by atoms with Crippen molar-refractivity contribution in [2.75, 3.05) is 19.7 Å². The molecular formula is C14H21NO4S. The lowest BCUT2D eigenvalue weighted by molar-refractivity contribution is 0.260. The van der Waals surface area contributed by atoms with Crippen LogP contribution in [0, 0.1) is 0 Å². The number of nitrogens with zero attached hydrogens (tertiary/aromatic N) is 1. The van der Waals surface area contributed by atoms with E-state index in [9.17, 15) is 13.5 Å². The van der Waals surface area contributed by atoms with E-state index >= 15 is 0 Å². The predicted molar refractivity (Wildman–Crippen MR) is 77.8 cm³/mol. The van der Waals surface area contributed by atoms with Gasteiger partial charge in [-0.2, -0.15) is 4.31 Å². The molecule has 1 rings (SSSR count). The van der Waals surface area contributed by atoms with Crippen LogP contribution >= 0.6 is 0 Å². The predicted octanol–water partition coefficient (Wildman–Crippen LogP) is 0.910. The smallest absolute Gasteiger partial charge is 0.243 e. The Labute approximate surface area is 120 Å². The lowest BCUT2D eigenvalue weighted by Crippen LogP contribution is -2.34. The van der Waals surface area contributed by atoms with E-state index in [0.29, 0.717) is 17.5 Å². The molecule has 20 heavy (non-hydrogen) atoms. The molecule has 0 saturated heterocycles. The monoisotopic (exact) mass is 299 g/mol. The van der Waals surface area contributed by atoms with Crippen molar-refractivity contribution < 1.29 is 18.6 Å². The fourth-order valence-corrected chi connectivity index (χ4v) is 3.68. The normalized spacial score (nSPS) is 11.8. The molecule has 1 aromatic carbocycles. The van der Waals surface area contributed by atoms with Gasteiger partial charge in [-0.15, -0.1) is 6.58 Å². The second-order valence-electron chi connectivity index (χ2n) is 4.33. The SMILES string of the molecule is C=CCN(CCO)S(=O)(=O)c1cc(CO)ccc1CC. The minimum absolute atomic E-state index is 0.0147. The Hall–Kier alpha value is -1.21. The number of sulfonamides is 1. The lowest BCUT2D eigenvalue weighted by Gasteiger charge is -2.21. The third-order valence-electron chi connectivity index (χ3n) is 3.00. The lowest BCUT2D eigenvalue weighted by atomic mass is 10.1. The molecule has 0 fully saturated rings. The molecule has 0 aliphatic rings. The number of hydrogen-bond acceptors (Lipinski definition) is 4. The zero-order chi connectivity index (χ0) is 15.2. The number of aliphatic hydroxyl groups excluding tert-OH is 2. The third-order valence-corrected chi connectivity index (χ3v) is 4.94. The number of aryl methyl sites for hydroxylation is 1. The van der Waals surface area contributed by atoms with Gasteiger partial charge in [0.15, 0.2) is 0 Å². The quantitative estimate of drug-likeness (QED) is 0.700. The largest absolute Gasteiger partial charge is 0.395 e. The van der Waals surface area contributed by atoms with Gasteiger partial charge in [0.1, 0.15) is 0 Å². The van der Waals surface area contributed by atoms with Gasteiger partial charge in [-0.05, 0) is 23.6 Å². The maximum absolute atomic E-state index is 12.6. The highest BCUT2D eigenvalue weighted by molar-refractivity contribution is 7.89. The average Bonchev–Trinajstić information content (AvgIpc) is 2.46. The second kappa shape index (κ2) is 7.54. The van der Waals surface area contributed by atoms with Crippen LogP contribution in [0.25, 0.3) is 0 Å². The van der Waals surface area contributed by atoms with Gasteiger partial charge in [-0.25, -0.2) is 8.42 Å². The van der Waals surface area contributed by atoms with Crippen LogP contribution in [0.5, 0.6) is 0 Å². The molecule has 0 amide bonds. The van der Waals surface area contributed by atoms with E-state index in [1.54, 1.807) is 12.1 Å². The zero-order valence-electron chi connectivity index (χ0n) is 11.6. The molecule has 6 heteroatoms. The molecule has 112 valence electrons. The first-order valence-corrected chi connectivity index (χ1v) is 7.89. The average molecular weight is 299 g/mol. The zero-order valence-corrected chi connectivity index (χ0v) is 12.4. The fourth-order valence-electron chi connectivity index (χ4n) is 1.93. The molecule has 0 unspecified atom stereocenters. The van der Waals surface area contributed by atoms with Crippen molar-refractivity contribution in [2.45, 2.75) is 24.8 Å². The maximum Gasteiger partial charge on any atom is 0.243 e. The molecule has 0 aromatic heterocycles. The van der Waals surface area contributed by atoms with Crippen molar-refractivity contribution in [3.63, 3.8) is 0 Å². The van der Waals surface area contributed by atoms with Crippen molar-refractivity contribution in [1.29, 1.82) is 0 Å². The van der Waals surface area contributed by atoms with E-state index in [1.165, 1.54) is 16.4 Å². The maximum atomic E-state index is 12.6. The first-order chi connectivity index (χ1) is 9.51. The van der Waals surface area contributed by atoms with E-state index in [0.717, 1.165) is 0 Å². The summed E-state index contributed by atoms with van der Waals surface area (Å²) < 4.78 is 26.5. The summed E-state index contributed by atoms with van der Waals surface area (Å²) in [5.41, 5.74) is 1.23. The fraction of sp³-hybridized carbons (Fsp3) is 0.429. The van der Waals surface area contributed by atoms with Crippen LogP contribution in [0.1, 0.15) is 18.1 Å². The van der Waals surface area contributed by atoms with Crippen LogP contribution in [0.15, 0.2) is 35.7 Å². The Morgan fingerprint density at radius 1 is 1.35 bits per heavy atom. The molecule has 2 N–H and O–H groups in total. The standard InChI is InChI=1S/C14H21NO4S/c1-3-7-15(8-9-16)20(18,19)14-10-12(11-17)5-6-13(14)4-2/h3,5-6,10,16-17H,1,4,7-9,11H2,2H3. The van der Waals surface area contributed by atoms with E-state index < -0.39 is 10.0 Å². The van der Waals surface area contributed by atoms with Crippen molar-refractivity contribution in [3.8, 4) is 0 Å². The summed E-state index contributed by atoms with van der Waals surface area (Å²) in [5.74, 6) is 0. The van der Waals surface area contributed by atoms with Gasteiger partial charge in [0.2, 0.25) is 10.0 Å². The Morgan fingerprint density at radius 2 is 2.05 bits per heavy atom. The molecule has 0 bridgehead atoms. The summed E-state index contributed by atoms with van der Waals surface area (Å²) in [6, 6.07) is 4.91. The van der Waals surface area contributed by atoms with Crippen molar-refractivity contribution >= 4 is 10.0 Å². The van der Waals surface area contributed by atoms with Crippen LogP contribution in [-0.4, -0.2) is 42.6 Å². The summed E-state index contributed by atoms with van der Waals surface area (Å²) in [5, 5.41) is 18.2. The van der Waals surface area contributed by atoms with Gasteiger partial charge >= 0.3 is 0 Å². The Balaban J connectivity index is 3.34. The Kier molecular flexibility index (Phi) is 6.35. The molecule has 0 saturated carbocycles. The Morgan fingerprint density at radius 3 is 2.55 bits per heavy atom. The van der Waals surface area contributed by atoms with Crippen LogP contribution in [0.4, 0.5) is 0 Å². The van der Waals surface area contributed by atoms with E-state index in [2.05, 4.69) is 6.58 Å². The van der Waals surface area contributed by atoms with E-state index in [4.69, 9.17) is 5.11 Å². The van der Waals surface area contributed by atoms with Gasteiger partial charge in [0.25, 0.3) is 0 Å². The molecule has 5 nitrogen and oxygen atoms in total. The topological polar surface area (TPSA) is 77.8 Å². The van der Waals surface area contributed by atoms with Gasteiger partial charge in [0, 0.05) is 13.1 Å². The molecule has 0 aliphatic heterocycles. The summed E-state index contributed by atoms with van der Waals surface area (Å²) in [6.07, 6.45) is 2.05. The molecule has 0 aliphatic carbocycles. The van der Waals surface area contributed by atoms with Crippen molar-refractivity contribution in [3.05, 3.63) is 42.0 Å². The molecule has 0 radical (unpaired) electrons. The Bertz CT molecular complexity index is 554. The van der Waals surface area contributed by atoms with Gasteiger partial charge < -0.3 is 10.2 Å². The van der Waals surface area contributed by atoms with Gasteiger partial charge in [-0.3, -0.25) is 0 Å². The first kappa shape index (κ1) is 16.8. The minimum Gasteiger partial charge on any atom is -0.395 e. The molecule has 1 aromatic rings. The van der Waals surface area contributed by atoms with Crippen LogP contribution in [0.2, 0.25) is 0 Å². The first-order valence-electron chi connectivity index (χ1n) is 6.45. The molecule has 0 spiro atoms. The number of benzene rings is 1.